The summed E-state index contributed by atoms with van der Waals surface area (Å²) in [7, 11) is -2.85. The molecule has 12 heteroatoms. The van der Waals surface area contributed by atoms with Gasteiger partial charge in [-0.05, 0) is 86.5 Å². The number of rotatable bonds is 12. The lowest BCUT2D eigenvalue weighted by molar-refractivity contribution is -0.139. The van der Waals surface area contributed by atoms with Gasteiger partial charge >= 0.3 is 0 Å². The van der Waals surface area contributed by atoms with Gasteiger partial charge in [-0.3, -0.25) is 13.9 Å². The Bertz CT molecular complexity index is 1470. The molecule has 41 heavy (non-hydrogen) atoms. The molecule has 0 saturated carbocycles. The highest BCUT2D eigenvalue weighted by atomic mass is 35.5. The molecule has 0 aliphatic carbocycles. The van der Waals surface area contributed by atoms with E-state index >= 15 is 0 Å². The van der Waals surface area contributed by atoms with Crippen molar-refractivity contribution >= 4 is 50.7 Å². The van der Waals surface area contributed by atoms with Crippen molar-refractivity contribution in [3.05, 3.63) is 88.2 Å². The van der Waals surface area contributed by atoms with Gasteiger partial charge in [-0.1, -0.05) is 36.2 Å². The molecule has 2 amide bonds. The van der Waals surface area contributed by atoms with Crippen molar-refractivity contribution in [2.45, 2.75) is 50.7 Å². The minimum atomic E-state index is -4.31. The molecule has 0 radical (unpaired) electrons. The quantitative estimate of drug-likeness (QED) is 0.280. The zero-order valence-electron chi connectivity index (χ0n) is 23.1. The molecule has 2 atom stereocenters. The van der Waals surface area contributed by atoms with Crippen LogP contribution >= 0.6 is 23.2 Å². The first-order valence-corrected chi connectivity index (χ1v) is 15.0. The van der Waals surface area contributed by atoms with Crippen LogP contribution in [0.5, 0.6) is 5.75 Å². The zero-order valence-corrected chi connectivity index (χ0v) is 25.4. The Morgan fingerprint density at radius 3 is 2.17 bits per heavy atom. The number of hydrogen-bond donors (Lipinski definition) is 1. The lowest BCUT2D eigenvalue weighted by atomic mass is 10.1. The third-order valence-electron chi connectivity index (χ3n) is 6.55. The van der Waals surface area contributed by atoms with Gasteiger partial charge in [0.05, 0.1) is 27.7 Å². The number of nitrogens with zero attached hydrogens (tertiary/aromatic N) is 2. The number of benzene rings is 3. The third-order valence-corrected chi connectivity index (χ3v) is 9.07. The fourth-order valence-corrected chi connectivity index (χ4v) is 5.63. The summed E-state index contributed by atoms with van der Waals surface area (Å²) < 4.78 is 47.4. The van der Waals surface area contributed by atoms with Crippen LogP contribution in [0.3, 0.4) is 0 Å². The summed E-state index contributed by atoms with van der Waals surface area (Å²) >= 11 is 12.2. The van der Waals surface area contributed by atoms with Crippen LogP contribution < -0.4 is 14.4 Å². The van der Waals surface area contributed by atoms with Crippen LogP contribution in [0, 0.1) is 5.82 Å². The predicted molar refractivity (Wildman–Crippen MR) is 158 cm³/mol. The fraction of sp³-hybridized carbons (Fsp3) is 0.310. The maximum atomic E-state index is 13.9. The average Bonchev–Trinajstić information content (AvgIpc) is 2.96. The Kier molecular flexibility index (Phi) is 11.0. The Balaban J connectivity index is 2.03. The lowest BCUT2D eigenvalue weighted by Gasteiger charge is -2.32. The van der Waals surface area contributed by atoms with E-state index in [1.54, 1.807) is 25.1 Å². The van der Waals surface area contributed by atoms with E-state index < -0.39 is 40.2 Å². The van der Waals surface area contributed by atoms with E-state index in [-0.39, 0.29) is 28.2 Å². The number of anilines is 1. The molecule has 0 spiro atoms. The SMILES string of the molecule is CC[C@@H](C)NC(=O)[C@@H](C)N(Cc1ccc(Cl)c(Cl)c1)C(=O)CN(c1ccc(F)cc1)S(=O)(=O)c1ccc(OC)cc1. The molecule has 220 valence electrons. The first-order chi connectivity index (χ1) is 19.4. The van der Waals surface area contributed by atoms with Crippen molar-refractivity contribution in [1.82, 2.24) is 10.2 Å². The van der Waals surface area contributed by atoms with E-state index in [1.807, 2.05) is 13.8 Å². The standard InChI is InChI=1S/C29H32Cl2FN3O5S/c1-5-19(2)33-29(37)20(3)34(17-21-6-15-26(30)27(31)16-21)28(36)18-35(23-9-7-22(32)8-10-23)41(38,39)25-13-11-24(40-4)12-14-25/h6-16,19-20H,5,17-18H2,1-4H3,(H,33,37)/t19-,20-/m1/s1. The van der Waals surface area contributed by atoms with E-state index in [0.29, 0.717) is 22.8 Å². The van der Waals surface area contributed by atoms with Gasteiger partial charge < -0.3 is 15.0 Å². The van der Waals surface area contributed by atoms with Crippen LogP contribution in [0.4, 0.5) is 10.1 Å². The van der Waals surface area contributed by atoms with Gasteiger partial charge in [0, 0.05) is 12.6 Å². The summed E-state index contributed by atoms with van der Waals surface area (Å²) in [6, 6.07) is 14.1. The second kappa shape index (κ2) is 14.0. The van der Waals surface area contributed by atoms with Crippen molar-refractivity contribution in [3.63, 3.8) is 0 Å². The monoisotopic (exact) mass is 623 g/mol. The number of nitrogens with one attached hydrogen (secondary N) is 1. The molecule has 0 aliphatic heterocycles. The number of ether oxygens (including phenoxy) is 1. The first-order valence-electron chi connectivity index (χ1n) is 12.8. The Hall–Kier alpha value is -3.34. The molecule has 0 heterocycles. The highest BCUT2D eigenvalue weighted by molar-refractivity contribution is 7.92. The summed E-state index contributed by atoms with van der Waals surface area (Å²) in [4.78, 5) is 28.2. The van der Waals surface area contributed by atoms with Crippen LogP contribution in [0.2, 0.25) is 10.0 Å². The summed E-state index contributed by atoms with van der Waals surface area (Å²) in [5.74, 6) is -1.19. The molecule has 0 fully saturated rings. The van der Waals surface area contributed by atoms with Crippen LogP contribution in [0.1, 0.15) is 32.8 Å². The second-order valence-electron chi connectivity index (χ2n) is 9.43. The molecule has 0 saturated heterocycles. The fourth-order valence-electron chi connectivity index (χ4n) is 3.89. The number of methoxy groups -OCH3 is 1. The predicted octanol–water partition coefficient (Wildman–Crippen LogP) is 5.67. The van der Waals surface area contributed by atoms with Crippen LogP contribution in [0.25, 0.3) is 0 Å². The molecule has 8 nitrogen and oxygen atoms in total. The van der Waals surface area contributed by atoms with Crippen LogP contribution in [0.15, 0.2) is 71.6 Å². The molecule has 3 aromatic carbocycles. The topological polar surface area (TPSA) is 96.0 Å². The molecular formula is C29H32Cl2FN3O5S. The largest absolute Gasteiger partial charge is 0.497 e. The van der Waals surface area contributed by atoms with Gasteiger partial charge in [0.15, 0.2) is 0 Å². The number of carbonyl (C=O) groups is 2. The van der Waals surface area contributed by atoms with E-state index in [1.165, 1.54) is 48.4 Å². The Morgan fingerprint density at radius 1 is 0.976 bits per heavy atom. The van der Waals surface area contributed by atoms with Gasteiger partial charge in [0.25, 0.3) is 10.0 Å². The van der Waals surface area contributed by atoms with E-state index in [4.69, 9.17) is 27.9 Å². The molecular weight excluding hydrogens is 592 g/mol. The zero-order chi connectivity index (χ0) is 30.3. The average molecular weight is 625 g/mol. The number of halogens is 3. The number of hydrogen-bond acceptors (Lipinski definition) is 5. The first kappa shape index (κ1) is 32.2. The third kappa shape index (κ3) is 8.12. The highest BCUT2D eigenvalue weighted by Gasteiger charge is 2.33. The molecule has 3 aromatic rings. The summed E-state index contributed by atoms with van der Waals surface area (Å²) in [5.41, 5.74) is 0.657. The molecule has 0 unspecified atom stereocenters. The van der Waals surface area contributed by atoms with Gasteiger partial charge in [0.2, 0.25) is 11.8 Å². The van der Waals surface area contributed by atoms with Crippen LogP contribution in [-0.4, -0.2) is 50.9 Å². The van der Waals surface area contributed by atoms with Gasteiger partial charge in [-0.25, -0.2) is 12.8 Å². The minimum Gasteiger partial charge on any atom is -0.497 e. The second-order valence-corrected chi connectivity index (χ2v) is 12.1. The van der Waals surface area contributed by atoms with Crippen molar-refractivity contribution in [3.8, 4) is 5.75 Å². The van der Waals surface area contributed by atoms with Gasteiger partial charge in [-0.2, -0.15) is 0 Å². The summed E-state index contributed by atoms with van der Waals surface area (Å²) in [5, 5.41) is 3.45. The van der Waals surface area contributed by atoms with E-state index in [9.17, 15) is 22.4 Å². The van der Waals surface area contributed by atoms with Crippen molar-refractivity contribution in [1.29, 1.82) is 0 Å². The normalized spacial score (nSPS) is 12.8. The molecule has 0 bridgehead atoms. The molecule has 0 aliphatic rings. The molecule has 0 aromatic heterocycles. The molecule has 3 rings (SSSR count). The smallest absolute Gasteiger partial charge is 0.264 e. The van der Waals surface area contributed by atoms with Gasteiger partial charge in [0.1, 0.15) is 24.2 Å². The lowest BCUT2D eigenvalue weighted by Crippen LogP contribution is -2.52. The summed E-state index contributed by atoms with van der Waals surface area (Å²) in [6.07, 6.45) is 0.678. The van der Waals surface area contributed by atoms with Gasteiger partial charge in [-0.15, -0.1) is 0 Å². The number of amides is 2. The van der Waals surface area contributed by atoms with E-state index in [2.05, 4.69) is 5.32 Å². The van der Waals surface area contributed by atoms with Crippen molar-refractivity contribution < 1.29 is 27.1 Å². The Morgan fingerprint density at radius 2 is 1.61 bits per heavy atom. The van der Waals surface area contributed by atoms with Crippen molar-refractivity contribution in [2.24, 2.45) is 0 Å². The maximum absolute atomic E-state index is 13.9. The minimum absolute atomic E-state index is 0.0509. The van der Waals surface area contributed by atoms with E-state index in [0.717, 1.165) is 16.4 Å². The summed E-state index contributed by atoms with van der Waals surface area (Å²) in [6.45, 7) is 4.60. The number of carbonyl (C=O) groups excluding carboxylic acids is 2. The highest BCUT2D eigenvalue weighted by Crippen LogP contribution is 2.27. The number of sulfonamides is 1. The van der Waals surface area contributed by atoms with Crippen LogP contribution in [-0.2, 0) is 26.2 Å². The molecule has 1 N–H and O–H groups in total. The Labute approximate surface area is 250 Å². The maximum Gasteiger partial charge on any atom is 0.264 e. The van der Waals surface area contributed by atoms with Crippen molar-refractivity contribution in [2.75, 3.05) is 18.0 Å².